The van der Waals surface area contributed by atoms with Crippen LogP contribution in [-0.2, 0) is 0 Å². The monoisotopic (exact) mass is 377 g/mol. The molecule has 0 amide bonds. The van der Waals surface area contributed by atoms with Crippen LogP contribution in [0.25, 0.3) is 0 Å². The van der Waals surface area contributed by atoms with Crippen molar-refractivity contribution >= 4 is 0 Å². The minimum atomic E-state index is 0.116. The summed E-state index contributed by atoms with van der Waals surface area (Å²) < 4.78 is 0. The van der Waals surface area contributed by atoms with Gasteiger partial charge in [-0.15, -0.1) is 0 Å². The highest BCUT2D eigenvalue weighted by atomic mass is 14.6. The summed E-state index contributed by atoms with van der Waals surface area (Å²) in [5.74, 6) is 0. The van der Waals surface area contributed by atoms with Crippen molar-refractivity contribution in [2.45, 2.75) is 117 Å². The van der Waals surface area contributed by atoms with Gasteiger partial charge in [0.05, 0.1) is 0 Å². The van der Waals surface area contributed by atoms with Crippen molar-refractivity contribution in [2.24, 2.45) is 22.0 Å². The Morgan fingerprint density at radius 1 is 0.704 bits per heavy atom. The SMILES string of the molecule is CC.CC(C)(C)C.CCC1=C(C)C(N)=C(C(C)(C)C)CC(C(C)(C)C)=C1C. The molecule has 0 saturated carbocycles. The molecule has 1 aliphatic carbocycles. The number of rotatable bonds is 1. The molecule has 2 N–H and O–H groups in total. The van der Waals surface area contributed by atoms with Gasteiger partial charge in [0.25, 0.3) is 0 Å². The zero-order valence-electron chi connectivity index (χ0n) is 21.5. The van der Waals surface area contributed by atoms with Crippen LogP contribution in [0.2, 0.25) is 0 Å². The van der Waals surface area contributed by atoms with E-state index in [1.165, 1.54) is 22.3 Å². The summed E-state index contributed by atoms with van der Waals surface area (Å²) in [6, 6.07) is 0. The second-order valence-electron chi connectivity index (χ2n) is 11.1. The summed E-state index contributed by atoms with van der Waals surface area (Å²) in [6.45, 7) is 33.2. The molecular formula is C26H51N. The highest BCUT2D eigenvalue weighted by Gasteiger charge is 2.30. The lowest BCUT2D eigenvalue weighted by molar-refractivity contribution is 0.445. The Hall–Kier alpha value is -0.980. The molecule has 1 heteroatoms. The van der Waals surface area contributed by atoms with Gasteiger partial charge in [-0.05, 0) is 65.2 Å². The average Bonchev–Trinajstić information content (AvgIpc) is 2.54. The molecule has 0 saturated heterocycles. The second kappa shape index (κ2) is 10.5. The molecule has 160 valence electrons. The number of allylic oxidation sites excluding steroid dienone is 5. The fraction of sp³-hybridized carbons (Fsp3) is 0.769. The first kappa shape index (κ1) is 28.2. The smallest absolute Gasteiger partial charge is 0.0347 e. The van der Waals surface area contributed by atoms with Crippen LogP contribution in [-0.4, -0.2) is 0 Å². The Morgan fingerprint density at radius 2 is 1.04 bits per heavy atom. The van der Waals surface area contributed by atoms with E-state index in [2.05, 4.69) is 90.0 Å². The lowest BCUT2D eigenvalue weighted by Crippen LogP contribution is -2.19. The summed E-state index contributed by atoms with van der Waals surface area (Å²) in [6.07, 6.45) is 2.06. The first-order valence-electron chi connectivity index (χ1n) is 10.8. The minimum absolute atomic E-state index is 0.116. The molecule has 1 aliphatic rings. The zero-order valence-corrected chi connectivity index (χ0v) is 21.5. The second-order valence-corrected chi connectivity index (χ2v) is 11.1. The van der Waals surface area contributed by atoms with Crippen LogP contribution in [0.4, 0.5) is 0 Å². The molecule has 0 aromatic carbocycles. The van der Waals surface area contributed by atoms with Crippen LogP contribution >= 0.6 is 0 Å². The average molecular weight is 378 g/mol. The standard InChI is InChI=1S/C19H33N.C5H12.C2H6/c1-10-14-12(2)15(18(4,5)6)11-16(19(7,8)9)17(20)13(14)3;1-5(2,3)4;1-2/h10-11,20H2,1-9H3;1-4H3;1-2H3. The fourth-order valence-electron chi connectivity index (χ4n) is 3.28. The third-order valence-corrected chi connectivity index (χ3v) is 4.60. The largest absolute Gasteiger partial charge is 0.399 e. The van der Waals surface area contributed by atoms with E-state index < -0.39 is 0 Å². The topological polar surface area (TPSA) is 26.0 Å². The summed E-state index contributed by atoms with van der Waals surface area (Å²) in [4.78, 5) is 0. The lowest BCUT2D eigenvalue weighted by atomic mass is 9.74. The molecule has 0 unspecified atom stereocenters. The maximum Gasteiger partial charge on any atom is 0.0347 e. The first-order chi connectivity index (χ1) is 11.9. The van der Waals surface area contributed by atoms with Gasteiger partial charge in [0, 0.05) is 5.70 Å². The van der Waals surface area contributed by atoms with Gasteiger partial charge >= 0.3 is 0 Å². The van der Waals surface area contributed by atoms with Crippen molar-refractivity contribution in [1.82, 2.24) is 0 Å². The third-order valence-electron chi connectivity index (χ3n) is 4.60. The fourth-order valence-corrected chi connectivity index (χ4v) is 3.28. The van der Waals surface area contributed by atoms with Crippen molar-refractivity contribution in [3.63, 3.8) is 0 Å². The molecule has 0 aromatic rings. The van der Waals surface area contributed by atoms with Gasteiger partial charge in [0.1, 0.15) is 0 Å². The number of nitrogens with two attached hydrogens (primary N) is 1. The molecule has 1 nitrogen and oxygen atoms in total. The maximum atomic E-state index is 6.54. The molecule has 1 rings (SSSR count). The van der Waals surface area contributed by atoms with Crippen molar-refractivity contribution < 1.29 is 0 Å². The zero-order chi connectivity index (χ0) is 22.4. The molecule has 0 aromatic heterocycles. The lowest BCUT2D eigenvalue weighted by Gasteiger charge is -2.31. The predicted octanol–water partition coefficient (Wildman–Crippen LogP) is 8.82. The Bertz CT molecular complexity index is 555. The Kier molecular flexibility index (Phi) is 11.0. The van der Waals surface area contributed by atoms with E-state index >= 15 is 0 Å². The van der Waals surface area contributed by atoms with E-state index in [0.717, 1.165) is 18.5 Å². The molecule has 27 heavy (non-hydrogen) atoms. The molecule has 0 atom stereocenters. The van der Waals surface area contributed by atoms with Crippen LogP contribution in [0.15, 0.2) is 33.6 Å². The summed E-state index contributed by atoms with van der Waals surface area (Å²) in [7, 11) is 0. The molecule has 0 aliphatic heterocycles. The van der Waals surface area contributed by atoms with Gasteiger partial charge in [-0.1, -0.05) is 95.6 Å². The van der Waals surface area contributed by atoms with E-state index in [1.807, 2.05) is 13.8 Å². The van der Waals surface area contributed by atoms with E-state index in [1.54, 1.807) is 5.57 Å². The van der Waals surface area contributed by atoms with E-state index in [4.69, 9.17) is 5.73 Å². The Labute approximate surface area is 172 Å². The maximum absolute atomic E-state index is 6.54. The van der Waals surface area contributed by atoms with Gasteiger partial charge in [0.2, 0.25) is 0 Å². The molecular weight excluding hydrogens is 326 g/mol. The van der Waals surface area contributed by atoms with E-state index in [9.17, 15) is 0 Å². The molecule has 0 spiro atoms. The summed E-state index contributed by atoms with van der Waals surface area (Å²) in [5.41, 5.74) is 15.5. The highest BCUT2D eigenvalue weighted by molar-refractivity contribution is 5.51. The quantitative estimate of drug-likeness (QED) is 0.485. The van der Waals surface area contributed by atoms with Crippen LogP contribution in [0.3, 0.4) is 0 Å². The van der Waals surface area contributed by atoms with Crippen molar-refractivity contribution in [2.75, 3.05) is 0 Å². The van der Waals surface area contributed by atoms with Crippen LogP contribution in [0.5, 0.6) is 0 Å². The van der Waals surface area contributed by atoms with Gasteiger partial charge in [0.15, 0.2) is 0 Å². The summed E-state index contributed by atoms with van der Waals surface area (Å²) >= 11 is 0. The third kappa shape index (κ3) is 9.67. The molecule has 0 heterocycles. The Morgan fingerprint density at radius 3 is 1.30 bits per heavy atom. The van der Waals surface area contributed by atoms with Crippen molar-refractivity contribution in [1.29, 1.82) is 0 Å². The molecule has 0 fully saturated rings. The van der Waals surface area contributed by atoms with E-state index in [-0.39, 0.29) is 10.8 Å². The minimum Gasteiger partial charge on any atom is -0.399 e. The van der Waals surface area contributed by atoms with Gasteiger partial charge in [-0.25, -0.2) is 0 Å². The van der Waals surface area contributed by atoms with Crippen LogP contribution in [0, 0.1) is 16.2 Å². The van der Waals surface area contributed by atoms with Crippen LogP contribution in [0.1, 0.15) is 117 Å². The van der Waals surface area contributed by atoms with Gasteiger partial charge < -0.3 is 5.73 Å². The van der Waals surface area contributed by atoms with Crippen LogP contribution < -0.4 is 5.73 Å². The normalized spacial score (nSPS) is 16.4. The van der Waals surface area contributed by atoms with Crippen molar-refractivity contribution in [3.8, 4) is 0 Å². The number of hydrogen-bond donors (Lipinski definition) is 1. The van der Waals surface area contributed by atoms with Gasteiger partial charge in [-0.3, -0.25) is 0 Å². The highest BCUT2D eigenvalue weighted by Crippen LogP contribution is 2.44. The summed E-state index contributed by atoms with van der Waals surface area (Å²) in [5, 5.41) is 0. The van der Waals surface area contributed by atoms with E-state index in [0.29, 0.717) is 5.41 Å². The van der Waals surface area contributed by atoms with Crippen molar-refractivity contribution in [3.05, 3.63) is 33.6 Å². The number of hydrogen-bond acceptors (Lipinski definition) is 1. The molecule has 0 bridgehead atoms. The van der Waals surface area contributed by atoms with Gasteiger partial charge in [-0.2, -0.15) is 0 Å². The Balaban J connectivity index is 0. The first-order valence-corrected chi connectivity index (χ1v) is 10.8. The molecule has 0 radical (unpaired) electrons. The predicted molar refractivity (Wildman–Crippen MR) is 127 cm³/mol.